The third-order valence-corrected chi connectivity index (χ3v) is 5.18. The Hall–Kier alpha value is -2.30. The van der Waals surface area contributed by atoms with Crippen LogP contribution < -0.4 is 0 Å². The summed E-state index contributed by atoms with van der Waals surface area (Å²) in [5.41, 5.74) is 0.675. The Kier molecular flexibility index (Phi) is 12.2. The van der Waals surface area contributed by atoms with Gasteiger partial charge >= 0.3 is 0 Å². The van der Waals surface area contributed by atoms with Gasteiger partial charge in [0.05, 0.1) is 11.6 Å². The van der Waals surface area contributed by atoms with Crippen LogP contribution in [0.1, 0.15) is 50.4 Å². The number of benzene rings is 1. The fourth-order valence-corrected chi connectivity index (χ4v) is 3.97. The van der Waals surface area contributed by atoms with Gasteiger partial charge in [0.25, 0.3) is 5.92 Å². The summed E-state index contributed by atoms with van der Waals surface area (Å²) < 4.78 is 60.4. The molecule has 1 unspecified atom stereocenters. The number of aldehydes is 1. The lowest BCUT2D eigenvalue weighted by molar-refractivity contribution is -0.116. The molecule has 1 aliphatic heterocycles. The van der Waals surface area contributed by atoms with Crippen molar-refractivity contribution < 1.29 is 37.3 Å². The third kappa shape index (κ3) is 7.09. The van der Waals surface area contributed by atoms with Gasteiger partial charge in [-0.2, -0.15) is 5.10 Å². The van der Waals surface area contributed by atoms with Crippen LogP contribution in [0.25, 0.3) is 11.3 Å². The molecular formula is C23H32F4N2O4. The van der Waals surface area contributed by atoms with E-state index in [0.717, 1.165) is 7.11 Å². The normalized spacial score (nSPS) is 18.9. The molecule has 0 bridgehead atoms. The fourth-order valence-electron chi connectivity index (χ4n) is 3.97. The lowest BCUT2D eigenvalue weighted by Crippen LogP contribution is -2.31. The van der Waals surface area contributed by atoms with E-state index >= 15 is 0 Å². The molecule has 0 amide bonds. The van der Waals surface area contributed by atoms with Crippen molar-refractivity contribution in [1.29, 1.82) is 0 Å². The molecule has 0 radical (unpaired) electrons. The van der Waals surface area contributed by atoms with Crippen LogP contribution in [0.3, 0.4) is 0 Å². The first kappa shape index (κ1) is 28.7. The van der Waals surface area contributed by atoms with Gasteiger partial charge in [-0.25, -0.2) is 17.6 Å². The first-order valence-corrected chi connectivity index (χ1v) is 10.8. The number of rotatable bonds is 3. The molecule has 6 nitrogen and oxygen atoms in total. The highest BCUT2D eigenvalue weighted by molar-refractivity contribution is 5.67. The summed E-state index contributed by atoms with van der Waals surface area (Å²) in [5.74, 6) is -4.42. The molecule has 2 aromatic rings. The number of hydrogen-bond donors (Lipinski definition) is 2. The molecule has 10 heteroatoms. The van der Waals surface area contributed by atoms with Gasteiger partial charge in [-0.1, -0.05) is 26.0 Å². The average molecular weight is 477 g/mol. The molecule has 2 aliphatic rings. The van der Waals surface area contributed by atoms with Crippen LogP contribution in [0.15, 0.2) is 24.3 Å². The zero-order valence-corrected chi connectivity index (χ0v) is 19.1. The van der Waals surface area contributed by atoms with Crippen molar-refractivity contribution in [2.24, 2.45) is 5.92 Å². The zero-order chi connectivity index (χ0) is 25.0. The number of carbonyl (C=O) groups excluding carboxylic acids is 1. The van der Waals surface area contributed by atoms with Crippen LogP contribution in [0.4, 0.5) is 17.6 Å². The van der Waals surface area contributed by atoms with Crippen LogP contribution >= 0.6 is 0 Å². The number of aliphatic hydroxyl groups is 2. The van der Waals surface area contributed by atoms with Crippen molar-refractivity contribution in [3.63, 3.8) is 0 Å². The molecule has 1 saturated heterocycles. The molecule has 1 atom stereocenters. The summed E-state index contributed by atoms with van der Waals surface area (Å²) in [5, 5.41) is 18.4. The lowest BCUT2D eigenvalue weighted by atomic mass is 9.83. The van der Waals surface area contributed by atoms with E-state index in [1.165, 1.54) is 18.2 Å². The van der Waals surface area contributed by atoms with E-state index in [4.69, 9.17) is 14.9 Å². The molecule has 2 heterocycles. The van der Waals surface area contributed by atoms with Crippen molar-refractivity contribution in [2.45, 2.75) is 51.5 Å². The molecule has 4 rings (SSSR count). The molecular weight excluding hydrogens is 444 g/mol. The van der Waals surface area contributed by atoms with Crippen LogP contribution in [-0.2, 0) is 21.9 Å². The van der Waals surface area contributed by atoms with E-state index < -0.39 is 30.9 Å². The third-order valence-electron chi connectivity index (χ3n) is 5.18. The number of halogens is 4. The van der Waals surface area contributed by atoms with E-state index in [0.29, 0.717) is 43.6 Å². The summed E-state index contributed by atoms with van der Waals surface area (Å²) >= 11 is 0. The highest BCUT2D eigenvalue weighted by Gasteiger charge is 2.46. The lowest BCUT2D eigenvalue weighted by Gasteiger charge is -2.30. The van der Waals surface area contributed by atoms with Crippen LogP contribution in [-0.4, -0.2) is 53.5 Å². The Bertz CT molecular complexity index is 855. The second-order valence-electron chi connectivity index (χ2n) is 7.10. The van der Waals surface area contributed by atoms with Gasteiger partial charge in [0.2, 0.25) is 0 Å². The molecule has 2 N–H and O–H groups in total. The smallest absolute Gasteiger partial charge is 0.277 e. The van der Waals surface area contributed by atoms with Crippen molar-refractivity contribution in [2.75, 3.05) is 27.2 Å². The summed E-state index contributed by atoms with van der Waals surface area (Å²) in [7, 11) is 1.00. The maximum atomic E-state index is 14.9. The van der Waals surface area contributed by atoms with Crippen molar-refractivity contribution in [3.05, 3.63) is 41.3 Å². The van der Waals surface area contributed by atoms with E-state index in [-0.39, 0.29) is 23.7 Å². The summed E-state index contributed by atoms with van der Waals surface area (Å²) in [6, 6.07) is 5.51. The van der Waals surface area contributed by atoms with Crippen molar-refractivity contribution >= 4 is 6.29 Å². The van der Waals surface area contributed by atoms with Crippen LogP contribution in [0.2, 0.25) is 0 Å². The first-order chi connectivity index (χ1) is 15.9. The number of ether oxygens (including phenoxy) is 1. The predicted molar refractivity (Wildman–Crippen MR) is 116 cm³/mol. The standard InChI is InChI=1S/C19H19F3N2O2.C2H6.CH3FO.CH4O/c20-14-3-1-2-13(9-14)18-17-16(8-12(11-25)10-19(17,21)22)24(23-18)15-4-6-26-7-5-15;1-2;2-1-3;1-2/h1-3,9,11-12,15H,4-8,10H2;1-2H3;3H,1H2;2H,1H3. The number of alkyl halides is 3. The summed E-state index contributed by atoms with van der Waals surface area (Å²) in [4.78, 5) is 11.2. The summed E-state index contributed by atoms with van der Waals surface area (Å²) in [6.07, 6.45) is 1.64. The van der Waals surface area contributed by atoms with Crippen LogP contribution in [0.5, 0.6) is 0 Å². The van der Waals surface area contributed by atoms with E-state index in [2.05, 4.69) is 5.10 Å². The molecule has 1 fully saturated rings. The minimum absolute atomic E-state index is 0.0546. The fraction of sp³-hybridized carbons (Fsp3) is 0.565. The number of hydrogen-bond acceptors (Lipinski definition) is 5. The minimum Gasteiger partial charge on any atom is -0.400 e. The van der Waals surface area contributed by atoms with Crippen molar-refractivity contribution in [1.82, 2.24) is 9.78 Å². The molecule has 0 saturated carbocycles. The molecule has 186 valence electrons. The highest BCUT2D eigenvalue weighted by atomic mass is 19.3. The second-order valence-corrected chi connectivity index (χ2v) is 7.10. The van der Waals surface area contributed by atoms with E-state index in [9.17, 15) is 22.4 Å². The van der Waals surface area contributed by atoms with Gasteiger partial charge in [0.1, 0.15) is 17.8 Å². The first-order valence-electron chi connectivity index (χ1n) is 10.8. The van der Waals surface area contributed by atoms with Gasteiger partial charge < -0.3 is 19.7 Å². The Morgan fingerprint density at radius 2 is 1.85 bits per heavy atom. The molecule has 1 aliphatic carbocycles. The molecule has 1 aromatic carbocycles. The number of fused-ring (bicyclic) bond motifs is 1. The number of aliphatic hydroxyl groups excluding tert-OH is 2. The zero-order valence-electron chi connectivity index (χ0n) is 19.1. The number of carbonyl (C=O) groups is 1. The molecule has 0 spiro atoms. The van der Waals surface area contributed by atoms with Crippen LogP contribution in [0, 0.1) is 11.7 Å². The van der Waals surface area contributed by atoms with E-state index in [1.54, 1.807) is 10.7 Å². The Morgan fingerprint density at radius 1 is 1.24 bits per heavy atom. The van der Waals surface area contributed by atoms with Gasteiger partial charge in [0.15, 0.2) is 6.86 Å². The minimum atomic E-state index is -3.18. The number of nitrogens with zero attached hydrogens (tertiary/aromatic N) is 2. The monoisotopic (exact) mass is 476 g/mol. The number of aromatic nitrogens is 2. The quantitative estimate of drug-likeness (QED) is 0.506. The largest absolute Gasteiger partial charge is 0.400 e. The van der Waals surface area contributed by atoms with Gasteiger partial charge in [-0.3, -0.25) is 4.68 Å². The molecule has 33 heavy (non-hydrogen) atoms. The highest BCUT2D eigenvalue weighted by Crippen LogP contribution is 2.47. The van der Waals surface area contributed by atoms with Gasteiger partial charge in [-0.15, -0.1) is 0 Å². The molecule has 1 aromatic heterocycles. The Balaban J connectivity index is 0.000000705. The SMILES string of the molecule is CC.CO.O=CC1Cc2c(c(-c3cccc(F)c3)nn2C2CCOCC2)C(F)(F)C1.OCF. The maximum Gasteiger partial charge on any atom is 0.277 e. The predicted octanol–water partition coefficient (Wildman–Crippen LogP) is 4.43. The van der Waals surface area contributed by atoms with Gasteiger partial charge in [0, 0.05) is 43.9 Å². The topological polar surface area (TPSA) is 84.6 Å². The maximum absolute atomic E-state index is 14.9. The average Bonchev–Trinajstić information content (AvgIpc) is 3.23. The van der Waals surface area contributed by atoms with Crippen molar-refractivity contribution in [3.8, 4) is 11.3 Å². The second kappa shape index (κ2) is 14.1. The Labute approximate surface area is 191 Å². The summed E-state index contributed by atoms with van der Waals surface area (Å²) in [6.45, 7) is 3.84. The Morgan fingerprint density at radius 3 is 2.39 bits per heavy atom. The van der Waals surface area contributed by atoms with Gasteiger partial charge in [-0.05, 0) is 31.4 Å². The van der Waals surface area contributed by atoms with E-state index in [1.807, 2.05) is 13.8 Å².